The quantitative estimate of drug-likeness (QED) is 0.610. The van der Waals surface area contributed by atoms with E-state index in [-0.39, 0.29) is 4.90 Å². The molecule has 1 rings (SSSR count). The first-order chi connectivity index (χ1) is 8.36. The molecular weight excluding hydrogens is 258 g/mol. The van der Waals surface area contributed by atoms with Crippen LogP contribution in [0.5, 0.6) is 0 Å². The summed E-state index contributed by atoms with van der Waals surface area (Å²) in [6.07, 6.45) is 0. The molecule has 0 aliphatic heterocycles. The Morgan fingerprint density at radius 3 is 2.39 bits per heavy atom. The number of benzene rings is 1. The predicted octanol–water partition coefficient (Wildman–Crippen LogP) is 0.0652. The van der Waals surface area contributed by atoms with Crippen LogP contribution >= 0.6 is 0 Å². The monoisotopic (exact) mass is 267 g/mol. The third-order valence-corrected chi connectivity index (χ3v) is 3.00. The minimum atomic E-state index is -4.16. The number of amides is 1. The van der Waals surface area contributed by atoms with Crippen molar-refractivity contribution in [2.75, 3.05) is 0 Å². The van der Waals surface area contributed by atoms with Crippen LogP contribution in [0.2, 0.25) is 0 Å². The minimum Gasteiger partial charge on any atom is -0.364 e. The second-order valence-corrected chi connectivity index (χ2v) is 4.79. The number of nitrogens with zero attached hydrogens (tertiary/aromatic N) is 2. The summed E-state index contributed by atoms with van der Waals surface area (Å²) in [5.41, 5.74) is 4.81. The van der Waals surface area contributed by atoms with E-state index in [2.05, 4.69) is 9.44 Å². The van der Waals surface area contributed by atoms with Gasteiger partial charge in [0.05, 0.1) is 0 Å². The molecule has 1 aromatic carbocycles. The summed E-state index contributed by atoms with van der Waals surface area (Å²) >= 11 is 0. The smallest absolute Gasteiger partial charge is 0.358 e. The Morgan fingerprint density at radius 2 is 1.94 bits per heavy atom. The van der Waals surface area contributed by atoms with E-state index in [1.165, 1.54) is 18.2 Å². The van der Waals surface area contributed by atoms with E-state index in [1.54, 1.807) is 19.1 Å². The van der Waals surface area contributed by atoms with Gasteiger partial charge in [-0.3, -0.25) is 9.08 Å². The fraction of sp³-hybridized carbons (Fsp3) is 0.100. The standard InChI is InChI=1S/C10H9N3O4S/c1-7-2-4-8(5-3-7)18(15,16)17-13-9(6-11)10(12)14/h2-5H,1H3,(H2,12,14). The van der Waals surface area contributed by atoms with E-state index < -0.39 is 21.7 Å². The number of nitrogens with two attached hydrogens (primary N) is 1. The largest absolute Gasteiger partial charge is 0.364 e. The van der Waals surface area contributed by atoms with E-state index >= 15 is 0 Å². The lowest BCUT2D eigenvalue weighted by Crippen LogP contribution is -2.22. The molecule has 0 aliphatic rings. The summed E-state index contributed by atoms with van der Waals surface area (Å²) in [7, 11) is -4.16. The van der Waals surface area contributed by atoms with Gasteiger partial charge in [0.25, 0.3) is 5.91 Å². The molecule has 1 aromatic rings. The van der Waals surface area contributed by atoms with Crippen molar-refractivity contribution < 1.29 is 17.5 Å². The van der Waals surface area contributed by atoms with E-state index in [1.807, 2.05) is 0 Å². The Balaban J connectivity index is 3.00. The van der Waals surface area contributed by atoms with Crippen molar-refractivity contribution in [2.24, 2.45) is 10.9 Å². The van der Waals surface area contributed by atoms with Crippen LogP contribution in [0.1, 0.15) is 5.56 Å². The fourth-order valence-electron chi connectivity index (χ4n) is 0.955. The average molecular weight is 267 g/mol. The van der Waals surface area contributed by atoms with Gasteiger partial charge in [-0.2, -0.15) is 13.7 Å². The number of carbonyl (C=O) groups is 1. The zero-order valence-corrected chi connectivity index (χ0v) is 10.1. The lowest BCUT2D eigenvalue weighted by atomic mass is 10.2. The van der Waals surface area contributed by atoms with E-state index in [4.69, 9.17) is 11.0 Å². The Bertz CT molecular complexity index is 626. The summed E-state index contributed by atoms with van der Waals surface area (Å²) in [5, 5.41) is 11.3. The third-order valence-electron chi connectivity index (χ3n) is 1.88. The highest BCUT2D eigenvalue weighted by molar-refractivity contribution is 7.86. The number of hydrogen-bond acceptors (Lipinski definition) is 6. The summed E-state index contributed by atoms with van der Waals surface area (Å²) in [6, 6.07) is 7.09. The predicted molar refractivity (Wildman–Crippen MR) is 61.7 cm³/mol. The van der Waals surface area contributed by atoms with Crippen molar-refractivity contribution >= 4 is 21.7 Å². The zero-order chi connectivity index (χ0) is 13.8. The van der Waals surface area contributed by atoms with Crippen LogP contribution in [0, 0.1) is 18.3 Å². The maximum absolute atomic E-state index is 11.6. The molecule has 0 radical (unpaired) electrons. The molecule has 0 saturated carbocycles. The molecule has 7 nitrogen and oxygen atoms in total. The highest BCUT2D eigenvalue weighted by Gasteiger charge is 2.17. The van der Waals surface area contributed by atoms with Gasteiger partial charge in [0, 0.05) is 0 Å². The second kappa shape index (κ2) is 5.29. The molecule has 1 amide bonds. The van der Waals surface area contributed by atoms with E-state index in [0.717, 1.165) is 5.56 Å². The fourth-order valence-corrected chi connectivity index (χ4v) is 1.68. The zero-order valence-electron chi connectivity index (χ0n) is 9.32. The van der Waals surface area contributed by atoms with Gasteiger partial charge in [0.1, 0.15) is 11.0 Å². The van der Waals surface area contributed by atoms with Gasteiger partial charge >= 0.3 is 10.1 Å². The van der Waals surface area contributed by atoms with Crippen molar-refractivity contribution in [3.8, 4) is 6.07 Å². The molecule has 18 heavy (non-hydrogen) atoms. The first-order valence-electron chi connectivity index (χ1n) is 4.65. The van der Waals surface area contributed by atoms with Crippen molar-refractivity contribution in [1.82, 2.24) is 0 Å². The normalized spacial score (nSPS) is 11.7. The van der Waals surface area contributed by atoms with Crippen LogP contribution in [-0.4, -0.2) is 20.0 Å². The van der Waals surface area contributed by atoms with Crippen molar-refractivity contribution in [2.45, 2.75) is 11.8 Å². The van der Waals surface area contributed by atoms with Crippen LogP contribution in [0.3, 0.4) is 0 Å². The van der Waals surface area contributed by atoms with Crippen molar-refractivity contribution in [1.29, 1.82) is 5.26 Å². The van der Waals surface area contributed by atoms with E-state index in [9.17, 15) is 13.2 Å². The van der Waals surface area contributed by atoms with Crippen LogP contribution in [0.15, 0.2) is 34.3 Å². The highest BCUT2D eigenvalue weighted by Crippen LogP contribution is 2.13. The lowest BCUT2D eigenvalue weighted by molar-refractivity contribution is -0.111. The number of rotatable bonds is 4. The Hall–Kier alpha value is -2.40. The maximum atomic E-state index is 11.6. The Morgan fingerprint density at radius 1 is 1.39 bits per heavy atom. The summed E-state index contributed by atoms with van der Waals surface area (Å²) < 4.78 is 27.4. The molecule has 2 N–H and O–H groups in total. The van der Waals surface area contributed by atoms with Gasteiger partial charge in [0.15, 0.2) is 0 Å². The third kappa shape index (κ3) is 3.29. The van der Waals surface area contributed by atoms with Gasteiger partial charge < -0.3 is 5.73 Å². The number of aryl methyl sites for hydroxylation is 1. The number of nitriles is 1. The molecule has 0 heterocycles. The van der Waals surface area contributed by atoms with Crippen LogP contribution < -0.4 is 5.73 Å². The number of oxime groups is 1. The minimum absolute atomic E-state index is 0.140. The molecular formula is C10H9N3O4S. The number of primary amides is 1. The van der Waals surface area contributed by atoms with Gasteiger partial charge in [-0.25, -0.2) is 0 Å². The molecule has 0 unspecified atom stereocenters. The SMILES string of the molecule is Cc1ccc(S(=O)(=O)ON=C(C#N)C(N)=O)cc1. The molecule has 0 bridgehead atoms. The molecule has 0 saturated heterocycles. The molecule has 0 spiro atoms. The second-order valence-electron chi connectivity index (χ2n) is 3.26. The van der Waals surface area contributed by atoms with Crippen LogP contribution in [0.4, 0.5) is 0 Å². The van der Waals surface area contributed by atoms with E-state index in [0.29, 0.717) is 0 Å². The first kappa shape index (κ1) is 13.7. The summed E-state index contributed by atoms with van der Waals surface area (Å²) in [5.74, 6) is -1.17. The molecule has 0 aromatic heterocycles. The Labute approximate surface area is 104 Å². The van der Waals surface area contributed by atoms with Crippen LogP contribution in [0.25, 0.3) is 0 Å². The molecule has 94 valence electrons. The first-order valence-corrected chi connectivity index (χ1v) is 6.06. The van der Waals surface area contributed by atoms with Gasteiger partial charge in [-0.05, 0) is 24.2 Å². The molecule has 0 aliphatic carbocycles. The Kier molecular flexibility index (Phi) is 4.01. The van der Waals surface area contributed by atoms with Crippen molar-refractivity contribution in [3.63, 3.8) is 0 Å². The molecule has 8 heteroatoms. The number of hydrogen-bond donors (Lipinski definition) is 1. The van der Waals surface area contributed by atoms with Gasteiger partial charge in [-0.1, -0.05) is 17.7 Å². The van der Waals surface area contributed by atoms with Gasteiger partial charge in [0.2, 0.25) is 5.71 Å². The van der Waals surface area contributed by atoms with Gasteiger partial charge in [-0.15, -0.1) is 0 Å². The average Bonchev–Trinajstić information content (AvgIpc) is 2.29. The topological polar surface area (TPSA) is 123 Å². The highest BCUT2D eigenvalue weighted by atomic mass is 32.2. The maximum Gasteiger partial charge on any atom is 0.358 e. The number of carbonyl (C=O) groups excluding carboxylic acids is 1. The molecule has 0 atom stereocenters. The molecule has 0 fully saturated rings. The van der Waals surface area contributed by atoms with Crippen molar-refractivity contribution in [3.05, 3.63) is 29.8 Å². The summed E-state index contributed by atoms with van der Waals surface area (Å²) in [4.78, 5) is 10.5. The lowest BCUT2D eigenvalue weighted by Gasteiger charge is -2.01. The summed E-state index contributed by atoms with van der Waals surface area (Å²) in [6.45, 7) is 1.79. The van der Waals surface area contributed by atoms with Crippen LogP contribution in [-0.2, 0) is 19.2 Å².